The van der Waals surface area contributed by atoms with Crippen molar-refractivity contribution in [2.24, 2.45) is 5.10 Å². The van der Waals surface area contributed by atoms with E-state index in [4.69, 9.17) is 4.74 Å². The number of rotatable bonds is 5. The molecule has 3 aromatic rings. The van der Waals surface area contributed by atoms with Crippen molar-refractivity contribution in [2.45, 2.75) is 4.90 Å². The van der Waals surface area contributed by atoms with Crippen LogP contribution in [0.5, 0.6) is 0 Å². The van der Waals surface area contributed by atoms with E-state index in [0.717, 1.165) is 16.8 Å². The molecule has 0 radical (unpaired) electrons. The molecule has 1 heterocycles. The zero-order valence-corrected chi connectivity index (χ0v) is 18.0. The van der Waals surface area contributed by atoms with Gasteiger partial charge in [-0.1, -0.05) is 36.4 Å². The fourth-order valence-electron chi connectivity index (χ4n) is 4.06. The second kappa shape index (κ2) is 8.03. The molecule has 0 spiro atoms. The van der Waals surface area contributed by atoms with Crippen molar-refractivity contribution >= 4 is 43.7 Å². The molecule has 1 aliphatic carbocycles. The lowest BCUT2D eigenvalue weighted by atomic mass is 10.1. The predicted molar refractivity (Wildman–Crippen MR) is 121 cm³/mol. The highest BCUT2D eigenvalue weighted by Gasteiger charge is 2.31. The zero-order chi connectivity index (χ0) is 23.2. The first-order chi connectivity index (χ1) is 15.9. The van der Waals surface area contributed by atoms with Crippen LogP contribution >= 0.6 is 0 Å². The second-order valence-corrected chi connectivity index (χ2v) is 9.50. The van der Waals surface area contributed by atoms with E-state index in [1.165, 1.54) is 16.4 Å². The lowest BCUT2D eigenvalue weighted by Crippen LogP contribution is -2.40. The van der Waals surface area contributed by atoms with Gasteiger partial charge in [0.2, 0.25) is 15.8 Å². The normalized spacial score (nSPS) is 17.6. The summed E-state index contributed by atoms with van der Waals surface area (Å²) in [6.07, 6.45) is 0. The maximum atomic E-state index is 12.9. The third-order valence-corrected chi connectivity index (χ3v) is 7.58. The van der Waals surface area contributed by atoms with E-state index >= 15 is 0 Å². The molecule has 0 atom stereocenters. The molecule has 33 heavy (non-hydrogen) atoms. The van der Waals surface area contributed by atoms with E-state index in [-0.39, 0.29) is 48.4 Å². The van der Waals surface area contributed by atoms with Crippen LogP contribution in [0.15, 0.2) is 64.6 Å². The highest BCUT2D eigenvalue weighted by molar-refractivity contribution is 7.89. The molecule has 168 valence electrons. The number of anilines is 1. The number of nitro benzene ring substituents is 1. The lowest BCUT2D eigenvalue weighted by Gasteiger charge is -2.26. The van der Waals surface area contributed by atoms with Gasteiger partial charge in [0.15, 0.2) is 0 Å². The number of hydrogen-bond acceptors (Lipinski definition) is 8. The van der Waals surface area contributed by atoms with Crippen molar-refractivity contribution in [3.8, 4) is 0 Å². The molecule has 0 bridgehead atoms. The van der Waals surface area contributed by atoms with E-state index in [9.17, 15) is 23.3 Å². The first kappa shape index (κ1) is 21.2. The second-order valence-electron chi connectivity index (χ2n) is 7.56. The maximum absolute atomic E-state index is 12.9. The average Bonchev–Trinajstić information content (AvgIpc) is 3.11. The first-order valence-corrected chi connectivity index (χ1v) is 11.6. The summed E-state index contributed by atoms with van der Waals surface area (Å²) in [5, 5.41) is 17.5. The van der Waals surface area contributed by atoms with E-state index in [0.29, 0.717) is 11.1 Å². The Morgan fingerprint density at radius 2 is 1.73 bits per heavy atom. The largest absolute Gasteiger partial charge is 0.379 e. The zero-order valence-electron chi connectivity index (χ0n) is 17.2. The van der Waals surface area contributed by atoms with Crippen LogP contribution < -0.4 is 5.43 Å². The summed E-state index contributed by atoms with van der Waals surface area (Å²) in [7, 11) is -3.91. The van der Waals surface area contributed by atoms with E-state index in [2.05, 4.69) is 10.5 Å². The van der Waals surface area contributed by atoms with Gasteiger partial charge in [-0.15, -0.1) is 0 Å². The van der Waals surface area contributed by atoms with Gasteiger partial charge in [-0.25, -0.2) is 8.42 Å². The van der Waals surface area contributed by atoms with E-state index in [1.807, 2.05) is 18.2 Å². The fourth-order valence-corrected chi connectivity index (χ4v) is 5.49. The maximum Gasteiger partial charge on any atom is 0.295 e. The summed E-state index contributed by atoms with van der Waals surface area (Å²) in [5.74, 6) is -0.288. The number of hydrogen-bond donors (Lipinski definition) is 1. The quantitative estimate of drug-likeness (QED) is 0.452. The Bertz CT molecular complexity index is 1440. The average molecular weight is 466 g/mol. The van der Waals surface area contributed by atoms with Gasteiger partial charge in [0.05, 0.1) is 23.0 Å². The Kier molecular flexibility index (Phi) is 5.16. The van der Waals surface area contributed by atoms with Gasteiger partial charge < -0.3 is 4.74 Å². The molecule has 1 saturated heterocycles. The summed E-state index contributed by atoms with van der Waals surface area (Å²) in [5.41, 5.74) is 3.41. The number of hydrazone groups is 1. The van der Waals surface area contributed by atoms with Crippen LogP contribution in [0.1, 0.15) is 15.9 Å². The van der Waals surface area contributed by atoms with E-state index < -0.39 is 20.6 Å². The van der Waals surface area contributed by atoms with E-state index in [1.54, 1.807) is 18.2 Å². The van der Waals surface area contributed by atoms with Crippen molar-refractivity contribution in [1.82, 2.24) is 4.31 Å². The van der Waals surface area contributed by atoms with Crippen molar-refractivity contribution < 1.29 is 22.9 Å². The minimum atomic E-state index is -3.91. The monoisotopic (exact) mass is 466 g/mol. The number of sulfonamides is 1. The van der Waals surface area contributed by atoms with Crippen molar-refractivity contribution in [3.05, 3.63) is 75.8 Å². The topological polar surface area (TPSA) is 131 Å². The van der Waals surface area contributed by atoms with Crippen LogP contribution in [0.3, 0.4) is 0 Å². The molecule has 10 nitrogen and oxygen atoms in total. The number of benzene rings is 3. The molecule has 1 fully saturated rings. The summed E-state index contributed by atoms with van der Waals surface area (Å²) in [6, 6.07) is 14.4. The van der Waals surface area contributed by atoms with Crippen LogP contribution in [-0.4, -0.2) is 55.4 Å². The predicted octanol–water partition coefficient (Wildman–Crippen LogP) is 2.78. The smallest absolute Gasteiger partial charge is 0.295 e. The molecular formula is C22H18N4O6S. The Hall–Kier alpha value is -3.67. The number of ether oxygens (including phenoxy) is 1. The van der Waals surface area contributed by atoms with Gasteiger partial charge in [-0.3, -0.25) is 20.3 Å². The molecule has 1 aliphatic heterocycles. The van der Waals surface area contributed by atoms with Crippen LogP contribution in [0, 0.1) is 10.1 Å². The fraction of sp³-hybridized carbons (Fsp3) is 0.182. The van der Waals surface area contributed by atoms with Gasteiger partial charge in [0, 0.05) is 35.7 Å². The number of nitrogens with zero attached hydrogens (tertiary/aromatic N) is 3. The van der Waals surface area contributed by atoms with Gasteiger partial charge in [0.25, 0.3) is 5.69 Å². The van der Waals surface area contributed by atoms with Crippen LogP contribution in [-0.2, 0) is 14.8 Å². The minimum Gasteiger partial charge on any atom is -0.379 e. The molecule has 3 aromatic carbocycles. The van der Waals surface area contributed by atoms with Crippen molar-refractivity contribution in [2.75, 3.05) is 31.7 Å². The summed E-state index contributed by atoms with van der Waals surface area (Å²) < 4.78 is 32.2. The number of nitrogens with one attached hydrogen (secondary N) is 1. The molecule has 0 unspecified atom stereocenters. The Balaban J connectivity index is 1.50. The summed E-state index contributed by atoms with van der Waals surface area (Å²) in [6.45, 7) is 0.888. The Morgan fingerprint density at radius 3 is 2.42 bits per heavy atom. The molecule has 5 rings (SSSR count). The third-order valence-electron chi connectivity index (χ3n) is 5.68. The van der Waals surface area contributed by atoms with Gasteiger partial charge >= 0.3 is 0 Å². The van der Waals surface area contributed by atoms with Gasteiger partial charge in [-0.05, 0) is 17.5 Å². The molecular weight excluding hydrogens is 448 g/mol. The number of morpholine rings is 1. The molecule has 0 aromatic heterocycles. The molecule has 2 aliphatic rings. The third kappa shape index (κ3) is 3.55. The Labute approximate surface area is 188 Å². The molecule has 1 N–H and O–H groups in total. The summed E-state index contributed by atoms with van der Waals surface area (Å²) >= 11 is 0. The van der Waals surface area contributed by atoms with Crippen LogP contribution in [0.25, 0.3) is 10.8 Å². The van der Waals surface area contributed by atoms with Crippen LogP contribution in [0.2, 0.25) is 0 Å². The number of Topliss-reactive ketones (excluding diaryl/α,β-unsaturated/α-hetero) is 1. The lowest BCUT2D eigenvalue weighted by molar-refractivity contribution is -0.384. The number of ketones is 1. The highest BCUT2D eigenvalue weighted by Crippen LogP contribution is 2.33. The first-order valence-electron chi connectivity index (χ1n) is 10.1. The van der Waals surface area contributed by atoms with Crippen LogP contribution in [0.4, 0.5) is 11.4 Å². The summed E-state index contributed by atoms with van der Waals surface area (Å²) in [4.78, 5) is 23.7. The van der Waals surface area contributed by atoms with Crippen molar-refractivity contribution in [1.29, 1.82) is 0 Å². The molecule has 0 amide bonds. The van der Waals surface area contributed by atoms with Crippen molar-refractivity contribution in [3.63, 3.8) is 0 Å². The number of carbonyl (C=O) groups is 1. The van der Waals surface area contributed by atoms with Gasteiger partial charge in [0.1, 0.15) is 11.4 Å². The standard InChI is InChI=1S/C22H18N4O6S/c27-22-17-6-2-4-14-3-1-5-16(20(14)17)21(22)24-23-18-8-7-15(13-19(18)26(28)29)33(30,31)25-9-11-32-12-10-25/h1-8,13,23H,9-12H2. The Morgan fingerprint density at radius 1 is 1.03 bits per heavy atom. The molecule has 0 saturated carbocycles. The van der Waals surface area contributed by atoms with Gasteiger partial charge in [-0.2, -0.15) is 9.41 Å². The minimum absolute atomic E-state index is 0.0237. The number of nitro groups is 1. The SMILES string of the molecule is O=C1C(=NNc2ccc(S(=O)(=O)N3CCOCC3)cc2[N+](=O)[O-])c2cccc3cccc1c23. The highest BCUT2D eigenvalue weighted by atomic mass is 32.2. The molecule has 11 heteroatoms. The number of carbonyl (C=O) groups excluding carboxylic acids is 1.